The van der Waals surface area contributed by atoms with E-state index < -0.39 is 5.97 Å². The summed E-state index contributed by atoms with van der Waals surface area (Å²) in [5.74, 6) is 1.28. The van der Waals surface area contributed by atoms with Crippen LogP contribution in [0.3, 0.4) is 0 Å². The highest BCUT2D eigenvalue weighted by Gasteiger charge is 2.50. The zero-order valence-electron chi connectivity index (χ0n) is 12.1. The van der Waals surface area contributed by atoms with Crippen LogP contribution in [0.4, 0.5) is 0 Å². The molecule has 1 N–H and O–H groups in total. The summed E-state index contributed by atoms with van der Waals surface area (Å²) in [5.41, 5.74) is 0. The third-order valence-electron chi connectivity index (χ3n) is 6.00. The highest BCUT2D eigenvalue weighted by atomic mass is 16.4. The van der Waals surface area contributed by atoms with Crippen LogP contribution in [0.25, 0.3) is 0 Å². The van der Waals surface area contributed by atoms with Gasteiger partial charge in [-0.3, -0.25) is 9.69 Å². The minimum atomic E-state index is -0.560. The quantitative estimate of drug-likeness (QED) is 0.852. The van der Waals surface area contributed by atoms with Gasteiger partial charge in [0.25, 0.3) is 0 Å². The smallest absolute Gasteiger partial charge is 0.321 e. The molecule has 2 aliphatic carbocycles. The molecule has 3 heteroatoms. The molecule has 108 valence electrons. The summed E-state index contributed by atoms with van der Waals surface area (Å²) >= 11 is 0. The Morgan fingerprint density at radius 3 is 2.68 bits per heavy atom. The topological polar surface area (TPSA) is 40.5 Å². The van der Waals surface area contributed by atoms with Crippen molar-refractivity contribution in [3.05, 3.63) is 0 Å². The predicted molar refractivity (Wildman–Crippen MR) is 75.0 cm³/mol. The molecule has 1 aliphatic heterocycles. The first-order chi connectivity index (χ1) is 9.22. The Labute approximate surface area is 116 Å². The fourth-order valence-corrected chi connectivity index (χ4v) is 5.11. The summed E-state index contributed by atoms with van der Waals surface area (Å²) < 4.78 is 0. The van der Waals surface area contributed by atoms with Gasteiger partial charge in [0.2, 0.25) is 0 Å². The van der Waals surface area contributed by atoms with Gasteiger partial charge in [0.1, 0.15) is 6.04 Å². The predicted octanol–water partition coefficient (Wildman–Crippen LogP) is 3.14. The van der Waals surface area contributed by atoms with E-state index in [-0.39, 0.29) is 6.04 Å². The highest BCUT2D eigenvalue weighted by Crippen LogP contribution is 2.45. The average molecular weight is 265 g/mol. The molecule has 1 heterocycles. The van der Waals surface area contributed by atoms with Gasteiger partial charge in [-0.2, -0.15) is 0 Å². The van der Waals surface area contributed by atoms with Crippen LogP contribution < -0.4 is 0 Å². The van der Waals surface area contributed by atoms with Gasteiger partial charge < -0.3 is 5.11 Å². The van der Waals surface area contributed by atoms with E-state index in [1.54, 1.807) is 0 Å². The number of rotatable bonds is 3. The van der Waals surface area contributed by atoms with Crippen molar-refractivity contribution < 1.29 is 9.90 Å². The van der Waals surface area contributed by atoms with E-state index in [1.807, 2.05) is 0 Å². The maximum Gasteiger partial charge on any atom is 0.321 e. The second-order valence-electron chi connectivity index (χ2n) is 6.85. The van der Waals surface area contributed by atoms with Crippen molar-refractivity contribution in [3.8, 4) is 0 Å². The maximum atomic E-state index is 11.8. The number of carboxylic acid groups (broad SMARTS) is 1. The van der Waals surface area contributed by atoms with E-state index >= 15 is 0 Å². The first-order valence-corrected chi connectivity index (χ1v) is 8.21. The van der Waals surface area contributed by atoms with Crippen LogP contribution in [0.2, 0.25) is 0 Å². The number of carboxylic acids is 1. The summed E-state index contributed by atoms with van der Waals surface area (Å²) in [5, 5.41) is 9.68. The molecule has 0 aromatic carbocycles. The number of fused-ring (bicyclic) bond motifs is 1. The van der Waals surface area contributed by atoms with Gasteiger partial charge >= 0.3 is 5.97 Å². The molecule has 3 nitrogen and oxygen atoms in total. The zero-order chi connectivity index (χ0) is 13.4. The van der Waals surface area contributed by atoms with E-state index in [4.69, 9.17) is 0 Å². The Morgan fingerprint density at radius 2 is 1.95 bits per heavy atom. The fourth-order valence-electron chi connectivity index (χ4n) is 5.11. The van der Waals surface area contributed by atoms with Gasteiger partial charge in [-0.1, -0.05) is 32.6 Å². The summed E-state index contributed by atoms with van der Waals surface area (Å²) in [4.78, 5) is 14.2. The van der Waals surface area contributed by atoms with Crippen LogP contribution in [0.1, 0.15) is 58.3 Å². The second kappa shape index (κ2) is 5.43. The fraction of sp³-hybridized carbons (Fsp3) is 0.938. The van der Waals surface area contributed by atoms with Gasteiger partial charge in [-0.15, -0.1) is 0 Å². The molecule has 19 heavy (non-hydrogen) atoms. The molecule has 1 saturated heterocycles. The zero-order valence-corrected chi connectivity index (χ0v) is 12.1. The second-order valence-corrected chi connectivity index (χ2v) is 6.85. The first kappa shape index (κ1) is 13.4. The van der Waals surface area contributed by atoms with Crippen molar-refractivity contribution in [1.82, 2.24) is 4.90 Å². The van der Waals surface area contributed by atoms with E-state index in [0.29, 0.717) is 17.9 Å². The largest absolute Gasteiger partial charge is 0.480 e. The van der Waals surface area contributed by atoms with Crippen molar-refractivity contribution in [1.29, 1.82) is 0 Å². The molecule has 0 spiro atoms. The minimum absolute atomic E-state index is 0.176. The number of nitrogens with zero attached hydrogens (tertiary/aromatic N) is 1. The molecular weight excluding hydrogens is 238 g/mol. The first-order valence-electron chi connectivity index (χ1n) is 8.21. The van der Waals surface area contributed by atoms with Crippen molar-refractivity contribution in [2.75, 3.05) is 6.54 Å². The molecule has 3 rings (SSSR count). The lowest BCUT2D eigenvalue weighted by Crippen LogP contribution is -2.49. The number of hydrogen-bond donors (Lipinski definition) is 1. The molecule has 2 saturated carbocycles. The van der Waals surface area contributed by atoms with Crippen molar-refractivity contribution in [2.24, 2.45) is 17.8 Å². The lowest BCUT2D eigenvalue weighted by Gasteiger charge is -2.40. The maximum absolute atomic E-state index is 11.8. The summed E-state index contributed by atoms with van der Waals surface area (Å²) in [6.07, 6.45) is 10.0. The van der Waals surface area contributed by atoms with Gasteiger partial charge in [0.05, 0.1) is 0 Å². The Hall–Kier alpha value is -0.570. The molecule has 0 radical (unpaired) electrons. The van der Waals surface area contributed by atoms with Gasteiger partial charge in [0.15, 0.2) is 0 Å². The van der Waals surface area contributed by atoms with Crippen LogP contribution in [0.15, 0.2) is 0 Å². The normalized spacial score (nSPS) is 43.3. The van der Waals surface area contributed by atoms with E-state index in [0.717, 1.165) is 18.9 Å². The van der Waals surface area contributed by atoms with Crippen LogP contribution >= 0.6 is 0 Å². The minimum Gasteiger partial charge on any atom is -0.480 e. The monoisotopic (exact) mass is 265 g/mol. The molecule has 5 unspecified atom stereocenters. The van der Waals surface area contributed by atoms with Crippen LogP contribution in [-0.2, 0) is 4.79 Å². The van der Waals surface area contributed by atoms with Gasteiger partial charge in [-0.25, -0.2) is 0 Å². The molecule has 0 aromatic rings. The summed E-state index contributed by atoms with van der Waals surface area (Å²) in [6, 6.07) is 0.370. The van der Waals surface area contributed by atoms with Gasteiger partial charge in [0, 0.05) is 12.6 Å². The molecule has 3 fully saturated rings. The average Bonchev–Trinajstić information content (AvgIpc) is 2.97. The Morgan fingerprint density at radius 1 is 1.16 bits per heavy atom. The number of likely N-dealkylation sites (tertiary alicyclic amines) is 1. The molecule has 5 atom stereocenters. The number of hydrogen-bond acceptors (Lipinski definition) is 2. The van der Waals surface area contributed by atoms with Crippen LogP contribution in [0.5, 0.6) is 0 Å². The molecule has 3 aliphatic rings. The highest BCUT2D eigenvalue weighted by molar-refractivity contribution is 5.74. The molecule has 0 aromatic heterocycles. The SMILES string of the molecule is CCC1CCCCC1N1CC2CCCC2C1C(=O)O. The van der Waals surface area contributed by atoms with Crippen LogP contribution in [0, 0.1) is 17.8 Å². The standard InChI is InChI=1S/C16H27NO2/c1-2-11-6-3-4-9-14(11)17-10-12-7-5-8-13(12)15(17)16(18)19/h11-15H,2-10H2,1H3,(H,18,19). The summed E-state index contributed by atoms with van der Waals surface area (Å²) in [7, 11) is 0. The van der Waals surface area contributed by atoms with E-state index in [2.05, 4.69) is 11.8 Å². The Balaban J connectivity index is 1.80. The third kappa shape index (κ3) is 2.31. The van der Waals surface area contributed by atoms with Gasteiger partial charge in [-0.05, 0) is 43.4 Å². The Bertz CT molecular complexity index is 344. The van der Waals surface area contributed by atoms with Crippen molar-refractivity contribution in [2.45, 2.75) is 70.4 Å². The van der Waals surface area contributed by atoms with Crippen LogP contribution in [-0.4, -0.2) is 34.6 Å². The number of aliphatic carboxylic acids is 1. The molecule has 0 amide bonds. The molecule has 0 bridgehead atoms. The molecular formula is C16H27NO2. The Kier molecular flexibility index (Phi) is 3.84. The van der Waals surface area contributed by atoms with Crippen molar-refractivity contribution >= 4 is 5.97 Å². The summed E-state index contributed by atoms with van der Waals surface area (Å²) in [6.45, 7) is 3.33. The lowest BCUT2D eigenvalue weighted by atomic mass is 9.81. The lowest BCUT2D eigenvalue weighted by molar-refractivity contribution is -0.145. The number of carbonyl (C=O) groups is 1. The van der Waals surface area contributed by atoms with Crippen molar-refractivity contribution in [3.63, 3.8) is 0 Å². The van der Waals surface area contributed by atoms with E-state index in [9.17, 15) is 9.90 Å². The van der Waals surface area contributed by atoms with E-state index in [1.165, 1.54) is 44.9 Å². The third-order valence-corrected chi connectivity index (χ3v) is 6.00.